The minimum atomic E-state index is -0.504. The minimum Gasteiger partial charge on any atom is -0.466 e. The van der Waals surface area contributed by atoms with Gasteiger partial charge in [0.15, 0.2) is 0 Å². The lowest BCUT2D eigenvalue weighted by molar-refractivity contribution is -0.383. The first kappa shape index (κ1) is 19.8. The van der Waals surface area contributed by atoms with Gasteiger partial charge < -0.3 is 9.64 Å². The van der Waals surface area contributed by atoms with Crippen LogP contribution < -0.4 is 15.8 Å². The zero-order valence-electron chi connectivity index (χ0n) is 15.6. The van der Waals surface area contributed by atoms with Crippen molar-refractivity contribution in [2.75, 3.05) is 30.0 Å². The lowest BCUT2D eigenvalue weighted by Gasteiger charge is -2.32. The molecule has 1 unspecified atom stereocenters. The minimum absolute atomic E-state index is 0.0909. The van der Waals surface area contributed by atoms with Gasteiger partial charge in [0.2, 0.25) is 11.6 Å². The van der Waals surface area contributed by atoms with Crippen LogP contribution >= 0.6 is 0 Å². The molecule has 1 aromatic heterocycles. The number of nitrogens with one attached hydrogen (secondary N) is 2. The molecule has 1 atom stereocenters. The van der Waals surface area contributed by atoms with Gasteiger partial charge in [-0.2, -0.15) is 0 Å². The van der Waals surface area contributed by atoms with Crippen LogP contribution in [0.1, 0.15) is 40.5 Å². The molecule has 10 heteroatoms. The van der Waals surface area contributed by atoms with E-state index in [0.717, 1.165) is 6.42 Å². The second-order valence-corrected chi connectivity index (χ2v) is 7.19. The van der Waals surface area contributed by atoms with Gasteiger partial charge in [-0.25, -0.2) is 15.4 Å². The zero-order chi connectivity index (χ0) is 19.3. The third kappa shape index (κ3) is 5.01. The summed E-state index contributed by atoms with van der Waals surface area (Å²) in [5, 5.41) is 11.7. The predicted octanol–water partition coefficient (Wildman–Crippen LogP) is 1.88. The zero-order valence-corrected chi connectivity index (χ0v) is 15.6. The van der Waals surface area contributed by atoms with E-state index in [1.54, 1.807) is 11.8 Å². The summed E-state index contributed by atoms with van der Waals surface area (Å²) in [7, 11) is 0. The van der Waals surface area contributed by atoms with E-state index in [-0.39, 0.29) is 34.7 Å². The molecule has 2 N–H and O–H groups in total. The maximum absolute atomic E-state index is 12.0. The molecule has 1 aromatic rings. The summed E-state index contributed by atoms with van der Waals surface area (Å²) in [6.45, 7) is 8.75. The van der Waals surface area contributed by atoms with Gasteiger partial charge in [0, 0.05) is 18.6 Å². The summed E-state index contributed by atoms with van der Waals surface area (Å²) in [5.41, 5.74) is 5.26. The number of nitrogens with zero attached hydrogens (tertiary/aromatic N) is 4. The van der Waals surface area contributed by atoms with Crippen molar-refractivity contribution in [3.63, 3.8) is 0 Å². The quantitative estimate of drug-likeness (QED) is 0.441. The molecule has 1 saturated heterocycles. The molecule has 0 aliphatic carbocycles. The van der Waals surface area contributed by atoms with Gasteiger partial charge in [-0.1, -0.05) is 0 Å². The predicted molar refractivity (Wildman–Crippen MR) is 96.8 cm³/mol. The fraction of sp³-hybridized carbons (Fsp3) is 0.688. The number of carbonyl (C=O) groups excluding carboxylic acids is 1. The second kappa shape index (κ2) is 8.26. The van der Waals surface area contributed by atoms with E-state index in [4.69, 9.17) is 4.74 Å². The molecule has 2 rings (SSSR count). The Balaban J connectivity index is 2.27. The van der Waals surface area contributed by atoms with Gasteiger partial charge in [-0.3, -0.25) is 20.3 Å². The van der Waals surface area contributed by atoms with Gasteiger partial charge in [-0.05, 0) is 40.5 Å². The van der Waals surface area contributed by atoms with Gasteiger partial charge in [0.05, 0.1) is 17.4 Å². The largest absolute Gasteiger partial charge is 0.466 e. The van der Waals surface area contributed by atoms with E-state index in [1.165, 1.54) is 6.33 Å². The first-order chi connectivity index (χ1) is 12.2. The Hall–Kier alpha value is -2.49. The number of carbonyl (C=O) groups is 1. The van der Waals surface area contributed by atoms with Crippen molar-refractivity contribution in [2.24, 2.45) is 5.92 Å². The molecule has 1 fully saturated rings. The number of hydrogen-bond acceptors (Lipinski definition) is 9. The van der Waals surface area contributed by atoms with Gasteiger partial charge in [-0.15, -0.1) is 0 Å². The van der Waals surface area contributed by atoms with Crippen LogP contribution in [0.4, 0.5) is 17.3 Å². The van der Waals surface area contributed by atoms with E-state index in [1.807, 2.05) is 20.8 Å². The van der Waals surface area contributed by atoms with Crippen LogP contribution in [0.2, 0.25) is 0 Å². The topological polar surface area (TPSA) is 123 Å². The van der Waals surface area contributed by atoms with Gasteiger partial charge in [0.25, 0.3) is 0 Å². The smallest absolute Gasteiger partial charge is 0.354 e. The number of ether oxygens (including phenoxy) is 1. The van der Waals surface area contributed by atoms with Crippen LogP contribution in [-0.2, 0) is 9.53 Å². The molecule has 0 aromatic carbocycles. The summed E-state index contributed by atoms with van der Waals surface area (Å²) >= 11 is 0. The molecule has 0 bridgehead atoms. The van der Waals surface area contributed by atoms with Crippen molar-refractivity contribution in [1.29, 1.82) is 0 Å². The highest BCUT2D eigenvalue weighted by Crippen LogP contribution is 2.34. The Bertz CT molecular complexity index is 661. The number of rotatable bonds is 6. The maximum Gasteiger partial charge on any atom is 0.354 e. The Kier molecular flexibility index (Phi) is 6.30. The average Bonchev–Trinajstić information content (AvgIpc) is 2.59. The third-order valence-corrected chi connectivity index (χ3v) is 3.88. The van der Waals surface area contributed by atoms with E-state index in [2.05, 4.69) is 20.8 Å². The molecule has 144 valence electrons. The Morgan fingerprint density at radius 3 is 2.81 bits per heavy atom. The number of piperidine rings is 1. The lowest BCUT2D eigenvalue weighted by atomic mass is 9.98. The molecule has 0 saturated carbocycles. The van der Waals surface area contributed by atoms with E-state index in [0.29, 0.717) is 26.1 Å². The summed E-state index contributed by atoms with van der Waals surface area (Å²) in [6.07, 6.45) is 2.71. The van der Waals surface area contributed by atoms with Crippen molar-refractivity contribution in [3.8, 4) is 0 Å². The van der Waals surface area contributed by atoms with E-state index in [9.17, 15) is 14.9 Å². The van der Waals surface area contributed by atoms with Gasteiger partial charge in [0.1, 0.15) is 6.33 Å². The number of hydrogen-bond donors (Lipinski definition) is 2. The van der Waals surface area contributed by atoms with Crippen molar-refractivity contribution in [2.45, 2.75) is 46.1 Å². The summed E-state index contributed by atoms with van der Waals surface area (Å²) < 4.78 is 5.09. The molecule has 0 spiro atoms. The molecule has 26 heavy (non-hydrogen) atoms. The Morgan fingerprint density at radius 1 is 1.46 bits per heavy atom. The third-order valence-electron chi connectivity index (χ3n) is 3.88. The standard InChI is InChI=1S/C16H26N6O4/c1-5-26-15(23)11-7-6-8-21(9-11)14-12(22(24)25)13(17-10-18-14)19-20-16(2,3)4/h10-11,20H,5-9H2,1-4H3,(H,17,18,19). The van der Waals surface area contributed by atoms with Crippen LogP contribution in [0.3, 0.4) is 0 Å². The fourth-order valence-electron chi connectivity index (χ4n) is 2.73. The van der Waals surface area contributed by atoms with Crippen LogP contribution in [0, 0.1) is 16.0 Å². The van der Waals surface area contributed by atoms with E-state index < -0.39 is 4.92 Å². The van der Waals surface area contributed by atoms with Gasteiger partial charge >= 0.3 is 11.7 Å². The number of esters is 1. The van der Waals surface area contributed by atoms with Crippen LogP contribution in [0.5, 0.6) is 0 Å². The average molecular weight is 366 g/mol. The molecular formula is C16H26N6O4. The Morgan fingerprint density at radius 2 is 2.19 bits per heavy atom. The number of aromatic nitrogens is 2. The second-order valence-electron chi connectivity index (χ2n) is 7.19. The van der Waals surface area contributed by atoms with Crippen molar-refractivity contribution < 1.29 is 14.5 Å². The van der Waals surface area contributed by atoms with E-state index >= 15 is 0 Å². The van der Waals surface area contributed by atoms with Crippen LogP contribution in [0.15, 0.2) is 6.33 Å². The molecule has 1 aliphatic heterocycles. The first-order valence-corrected chi connectivity index (χ1v) is 8.67. The molecule has 10 nitrogen and oxygen atoms in total. The van der Waals surface area contributed by atoms with Crippen LogP contribution in [0.25, 0.3) is 0 Å². The van der Waals surface area contributed by atoms with Crippen LogP contribution in [-0.4, -0.2) is 46.1 Å². The molecule has 2 heterocycles. The Labute approximate surface area is 152 Å². The summed E-state index contributed by atoms with van der Waals surface area (Å²) in [5.74, 6) is -0.297. The summed E-state index contributed by atoms with van der Waals surface area (Å²) in [6, 6.07) is 0. The first-order valence-electron chi connectivity index (χ1n) is 8.67. The van der Waals surface area contributed by atoms with Crippen molar-refractivity contribution >= 4 is 23.3 Å². The number of hydrazine groups is 1. The molecule has 0 amide bonds. The highest BCUT2D eigenvalue weighted by Gasteiger charge is 2.33. The number of nitro groups is 1. The highest BCUT2D eigenvalue weighted by atomic mass is 16.6. The summed E-state index contributed by atoms with van der Waals surface area (Å²) in [4.78, 5) is 33.1. The van der Waals surface area contributed by atoms with Crippen molar-refractivity contribution in [3.05, 3.63) is 16.4 Å². The maximum atomic E-state index is 12.0. The number of anilines is 2. The normalized spacial score (nSPS) is 17.7. The molecular weight excluding hydrogens is 340 g/mol. The highest BCUT2D eigenvalue weighted by molar-refractivity contribution is 5.75. The van der Waals surface area contributed by atoms with Crippen molar-refractivity contribution in [1.82, 2.24) is 15.4 Å². The molecule has 1 aliphatic rings. The SMILES string of the molecule is CCOC(=O)C1CCCN(c2ncnc(NNC(C)(C)C)c2[N+](=O)[O-])C1. The monoisotopic (exact) mass is 366 g/mol. The lowest BCUT2D eigenvalue weighted by Crippen LogP contribution is -2.41. The molecule has 0 radical (unpaired) electrons. The fourth-order valence-corrected chi connectivity index (χ4v) is 2.73.